The summed E-state index contributed by atoms with van der Waals surface area (Å²) in [5.74, 6) is -0.449. The van der Waals surface area contributed by atoms with Gasteiger partial charge in [-0.3, -0.25) is 4.79 Å². The number of fused-ring (bicyclic) bond motifs is 1. The van der Waals surface area contributed by atoms with E-state index in [2.05, 4.69) is 15.1 Å². The number of nitrogens with zero attached hydrogens (tertiary/aromatic N) is 4. The van der Waals surface area contributed by atoms with Gasteiger partial charge in [-0.2, -0.15) is 13.2 Å². The molecule has 0 N–H and O–H groups in total. The Hall–Kier alpha value is -1.84. The number of hydrogen-bond donors (Lipinski definition) is 0. The fraction of sp³-hybridized carbons (Fsp3) is 0.400. The summed E-state index contributed by atoms with van der Waals surface area (Å²) in [7, 11) is 0. The molecule has 6 nitrogen and oxygen atoms in total. The van der Waals surface area contributed by atoms with Crippen molar-refractivity contribution in [2.45, 2.75) is 18.3 Å². The Morgan fingerprint density at radius 1 is 1.50 bits per heavy atom. The number of rotatable bonds is 4. The zero-order valence-electron chi connectivity index (χ0n) is 10.2. The number of carbonyl (C=O) groups excluding carboxylic acids is 1. The van der Waals surface area contributed by atoms with Crippen LogP contribution in [-0.2, 0) is 15.7 Å². The van der Waals surface area contributed by atoms with E-state index in [1.165, 1.54) is 0 Å². The molecule has 0 saturated carbocycles. The van der Waals surface area contributed by atoms with Crippen LogP contribution in [0.1, 0.15) is 12.6 Å². The SMILES string of the molecule is CCOC(=O)CSc1nc2cc(C(F)(F)F)ncn2n1. The monoisotopic (exact) mass is 306 g/mol. The molecule has 0 spiro atoms. The molecule has 0 saturated heterocycles. The lowest BCUT2D eigenvalue weighted by Crippen LogP contribution is -2.08. The van der Waals surface area contributed by atoms with Gasteiger partial charge in [0.2, 0.25) is 5.16 Å². The summed E-state index contributed by atoms with van der Waals surface area (Å²) >= 11 is 0.981. The van der Waals surface area contributed by atoms with E-state index in [1.807, 2.05) is 0 Å². The van der Waals surface area contributed by atoms with Gasteiger partial charge in [0.1, 0.15) is 12.0 Å². The second-order valence-corrected chi connectivity index (χ2v) is 4.51. The van der Waals surface area contributed by atoms with E-state index in [0.717, 1.165) is 28.7 Å². The molecule has 0 aliphatic rings. The maximum Gasteiger partial charge on any atom is 0.433 e. The number of esters is 1. The minimum Gasteiger partial charge on any atom is -0.465 e. The van der Waals surface area contributed by atoms with Gasteiger partial charge < -0.3 is 4.74 Å². The van der Waals surface area contributed by atoms with E-state index in [1.54, 1.807) is 6.92 Å². The van der Waals surface area contributed by atoms with Gasteiger partial charge in [-0.15, -0.1) is 5.10 Å². The van der Waals surface area contributed by atoms with E-state index >= 15 is 0 Å². The van der Waals surface area contributed by atoms with Crippen LogP contribution in [0, 0.1) is 0 Å². The van der Waals surface area contributed by atoms with Gasteiger partial charge in [0.15, 0.2) is 5.65 Å². The van der Waals surface area contributed by atoms with E-state index < -0.39 is 17.8 Å². The highest BCUT2D eigenvalue weighted by Gasteiger charge is 2.33. The highest BCUT2D eigenvalue weighted by molar-refractivity contribution is 7.99. The highest BCUT2D eigenvalue weighted by atomic mass is 32.2. The molecule has 0 aliphatic carbocycles. The molecule has 0 atom stereocenters. The van der Waals surface area contributed by atoms with Crippen LogP contribution >= 0.6 is 11.8 Å². The maximum absolute atomic E-state index is 12.5. The van der Waals surface area contributed by atoms with Crippen LogP contribution in [0.5, 0.6) is 0 Å². The maximum atomic E-state index is 12.5. The number of aromatic nitrogens is 4. The van der Waals surface area contributed by atoms with Crippen molar-refractivity contribution >= 4 is 23.4 Å². The molecule has 0 aliphatic heterocycles. The third-order valence-corrected chi connectivity index (χ3v) is 2.94. The normalized spacial score (nSPS) is 11.8. The average Bonchev–Trinajstić information content (AvgIpc) is 2.77. The van der Waals surface area contributed by atoms with Crippen molar-refractivity contribution in [3.8, 4) is 0 Å². The Morgan fingerprint density at radius 2 is 2.25 bits per heavy atom. The van der Waals surface area contributed by atoms with Crippen molar-refractivity contribution in [2.24, 2.45) is 0 Å². The third-order valence-electron chi connectivity index (χ3n) is 2.13. The van der Waals surface area contributed by atoms with E-state index in [4.69, 9.17) is 4.74 Å². The molecule has 2 rings (SSSR count). The van der Waals surface area contributed by atoms with Crippen LogP contribution in [0.3, 0.4) is 0 Å². The standard InChI is InChI=1S/C10H9F3N4O2S/c1-2-19-8(18)4-20-9-15-7-3-6(10(11,12)13)14-5-17(7)16-9/h3,5H,2,4H2,1H3. The number of alkyl halides is 3. The fourth-order valence-electron chi connectivity index (χ4n) is 1.32. The predicted octanol–water partition coefficient (Wildman–Crippen LogP) is 1.80. The first-order chi connectivity index (χ1) is 9.40. The summed E-state index contributed by atoms with van der Waals surface area (Å²) in [6.07, 6.45) is -3.61. The van der Waals surface area contributed by atoms with Gasteiger partial charge >= 0.3 is 12.1 Å². The van der Waals surface area contributed by atoms with Crippen molar-refractivity contribution in [3.63, 3.8) is 0 Å². The predicted molar refractivity (Wildman–Crippen MR) is 63.1 cm³/mol. The lowest BCUT2D eigenvalue weighted by Gasteiger charge is -2.03. The van der Waals surface area contributed by atoms with Gasteiger partial charge in [-0.1, -0.05) is 11.8 Å². The van der Waals surface area contributed by atoms with Gasteiger partial charge in [0.05, 0.1) is 12.4 Å². The number of ether oxygens (including phenoxy) is 1. The van der Waals surface area contributed by atoms with Gasteiger partial charge in [-0.05, 0) is 6.92 Å². The van der Waals surface area contributed by atoms with Crippen LogP contribution < -0.4 is 0 Å². The smallest absolute Gasteiger partial charge is 0.433 e. The Kier molecular flexibility index (Phi) is 4.12. The Bertz CT molecular complexity index is 628. The molecule has 2 aromatic heterocycles. The van der Waals surface area contributed by atoms with Crippen molar-refractivity contribution in [3.05, 3.63) is 18.1 Å². The largest absolute Gasteiger partial charge is 0.465 e. The second kappa shape index (κ2) is 5.65. The molecule has 0 unspecified atom stereocenters. The molecule has 20 heavy (non-hydrogen) atoms. The van der Waals surface area contributed by atoms with Crippen molar-refractivity contribution < 1.29 is 22.7 Å². The van der Waals surface area contributed by atoms with Gasteiger partial charge in [0, 0.05) is 6.07 Å². The molecule has 10 heteroatoms. The molecule has 0 bridgehead atoms. The zero-order valence-corrected chi connectivity index (χ0v) is 11.0. The van der Waals surface area contributed by atoms with Crippen LogP contribution in [0.2, 0.25) is 0 Å². The van der Waals surface area contributed by atoms with E-state index in [9.17, 15) is 18.0 Å². The van der Waals surface area contributed by atoms with Crippen LogP contribution in [0.15, 0.2) is 17.6 Å². The van der Waals surface area contributed by atoms with Crippen molar-refractivity contribution in [1.82, 2.24) is 19.6 Å². The Morgan fingerprint density at radius 3 is 2.90 bits per heavy atom. The van der Waals surface area contributed by atoms with E-state index in [0.29, 0.717) is 0 Å². The topological polar surface area (TPSA) is 69.4 Å². The quantitative estimate of drug-likeness (QED) is 0.634. The van der Waals surface area contributed by atoms with Crippen molar-refractivity contribution in [1.29, 1.82) is 0 Å². The van der Waals surface area contributed by atoms with Crippen LogP contribution in [0.4, 0.5) is 13.2 Å². The average molecular weight is 306 g/mol. The Balaban J connectivity index is 2.15. The first-order valence-corrected chi connectivity index (χ1v) is 6.46. The minimum absolute atomic E-state index is 0.00964. The van der Waals surface area contributed by atoms with Crippen LogP contribution in [-0.4, -0.2) is 37.9 Å². The summed E-state index contributed by atoms with van der Waals surface area (Å²) in [5.41, 5.74) is -1.03. The fourth-order valence-corrected chi connectivity index (χ4v) is 1.95. The molecule has 0 amide bonds. The first kappa shape index (κ1) is 14.6. The molecule has 108 valence electrons. The summed E-state index contributed by atoms with van der Waals surface area (Å²) in [6, 6.07) is 0.793. The Labute approximate surface area is 115 Å². The highest BCUT2D eigenvalue weighted by Crippen LogP contribution is 2.28. The van der Waals surface area contributed by atoms with Crippen molar-refractivity contribution in [2.75, 3.05) is 12.4 Å². The summed E-state index contributed by atoms with van der Waals surface area (Å²) in [4.78, 5) is 18.3. The van der Waals surface area contributed by atoms with Crippen LogP contribution in [0.25, 0.3) is 5.65 Å². The lowest BCUT2D eigenvalue weighted by molar-refractivity contribution is -0.141. The first-order valence-electron chi connectivity index (χ1n) is 5.48. The molecule has 2 heterocycles. The number of thioether (sulfide) groups is 1. The molecule has 2 aromatic rings. The van der Waals surface area contributed by atoms with Gasteiger partial charge in [-0.25, -0.2) is 14.5 Å². The molecule has 0 aromatic carbocycles. The second-order valence-electron chi connectivity index (χ2n) is 3.56. The number of hydrogen-bond acceptors (Lipinski definition) is 6. The summed E-state index contributed by atoms with van der Waals surface area (Å²) in [6.45, 7) is 1.94. The zero-order chi connectivity index (χ0) is 14.8. The number of carbonyl (C=O) groups is 1. The molecule has 0 fully saturated rings. The van der Waals surface area contributed by atoms with E-state index in [-0.39, 0.29) is 23.2 Å². The summed E-state index contributed by atoms with van der Waals surface area (Å²) < 4.78 is 43.3. The lowest BCUT2D eigenvalue weighted by atomic mass is 10.4. The number of halogens is 3. The minimum atomic E-state index is -4.54. The molecular formula is C10H9F3N4O2S. The third kappa shape index (κ3) is 3.38. The van der Waals surface area contributed by atoms with Gasteiger partial charge in [0.25, 0.3) is 0 Å². The molecular weight excluding hydrogens is 297 g/mol. The summed E-state index contributed by atoms with van der Waals surface area (Å²) in [5, 5.41) is 4.08. The molecule has 0 radical (unpaired) electrons.